The number of nitrogens with zero attached hydrogens (tertiary/aromatic N) is 1. The molecule has 0 aliphatic carbocycles. The van der Waals surface area contributed by atoms with E-state index in [1.54, 1.807) is 6.92 Å². The lowest BCUT2D eigenvalue weighted by atomic mass is 10.0. The highest BCUT2D eigenvalue weighted by Crippen LogP contribution is 2.11. The Morgan fingerprint density at radius 2 is 2.00 bits per heavy atom. The normalized spacial score (nSPS) is 11.7. The van der Waals surface area contributed by atoms with Crippen molar-refractivity contribution in [1.29, 1.82) is 0 Å². The minimum absolute atomic E-state index is 0.0609. The van der Waals surface area contributed by atoms with Crippen molar-refractivity contribution in [3.63, 3.8) is 0 Å². The summed E-state index contributed by atoms with van der Waals surface area (Å²) in [6.45, 7) is 4.12. The fourth-order valence-corrected chi connectivity index (χ4v) is 1.68. The fraction of sp³-hybridized carbons (Fsp3) is 0.727. The van der Waals surface area contributed by atoms with Crippen LogP contribution >= 0.6 is 12.2 Å². The fourth-order valence-electron chi connectivity index (χ4n) is 1.46. The molecule has 1 atom stereocenters. The average Bonchev–Trinajstić information content (AvgIpc) is 2.31. The zero-order valence-electron chi connectivity index (χ0n) is 10.6. The molecule has 1 amide bonds. The molecule has 0 rings (SSSR count). The molecule has 0 aromatic carbocycles. The van der Waals surface area contributed by atoms with Gasteiger partial charge in [-0.15, -0.1) is 0 Å². The summed E-state index contributed by atoms with van der Waals surface area (Å²) < 4.78 is 4.54. The highest BCUT2D eigenvalue weighted by atomic mass is 32.1. The number of hydrogen-bond acceptors (Lipinski definition) is 4. The smallest absolute Gasteiger partial charge is 0.325 e. The minimum atomic E-state index is -0.486. The van der Waals surface area contributed by atoms with Crippen molar-refractivity contribution in [2.45, 2.75) is 26.7 Å². The Morgan fingerprint density at radius 1 is 1.41 bits per heavy atom. The SMILES string of the molecule is CCCC(C(=O)N(CC)CC(=O)OC)C(N)=S. The van der Waals surface area contributed by atoms with Gasteiger partial charge in [0.25, 0.3) is 0 Å². The van der Waals surface area contributed by atoms with Crippen LogP contribution in [0.25, 0.3) is 0 Å². The van der Waals surface area contributed by atoms with Gasteiger partial charge in [0.05, 0.1) is 18.0 Å². The lowest BCUT2D eigenvalue weighted by Gasteiger charge is -2.24. The van der Waals surface area contributed by atoms with E-state index in [4.69, 9.17) is 18.0 Å². The van der Waals surface area contributed by atoms with Crippen molar-refractivity contribution in [1.82, 2.24) is 4.90 Å². The lowest BCUT2D eigenvalue weighted by molar-refractivity contribution is -0.147. The van der Waals surface area contributed by atoms with E-state index in [1.807, 2.05) is 6.92 Å². The maximum Gasteiger partial charge on any atom is 0.325 e. The summed E-state index contributed by atoms with van der Waals surface area (Å²) >= 11 is 4.88. The molecule has 0 saturated carbocycles. The number of amides is 1. The van der Waals surface area contributed by atoms with Gasteiger partial charge in [-0.05, 0) is 13.3 Å². The predicted molar refractivity (Wildman–Crippen MR) is 69.5 cm³/mol. The molecule has 0 aromatic heterocycles. The Balaban J connectivity index is 4.69. The molecular weight excluding hydrogens is 240 g/mol. The molecule has 0 bridgehead atoms. The maximum atomic E-state index is 12.1. The summed E-state index contributed by atoms with van der Waals surface area (Å²) in [5.74, 6) is -1.13. The molecule has 0 aliphatic heterocycles. The van der Waals surface area contributed by atoms with Crippen LogP contribution in [0.15, 0.2) is 0 Å². The zero-order valence-corrected chi connectivity index (χ0v) is 11.4. The van der Waals surface area contributed by atoms with Crippen molar-refractivity contribution in [3.8, 4) is 0 Å². The highest BCUT2D eigenvalue weighted by Gasteiger charge is 2.26. The number of likely N-dealkylation sites (N-methyl/N-ethyl adjacent to an activating group) is 1. The van der Waals surface area contributed by atoms with E-state index < -0.39 is 11.9 Å². The summed E-state index contributed by atoms with van der Waals surface area (Å²) in [6, 6.07) is 0. The van der Waals surface area contributed by atoms with Gasteiger partial charge >= 0.3 is 5.97 Å². The number of carbonyl (C=O) groups is 2. The van der Waals surface area contributed by atoms with E-state index in [0.717, 1.165) is 6.42 Å². The van der Waals surface area contributed by atoms with Gasteiger partial charge in [-0.25, -0.2) is 0 Å². The average molecular weight is 260 g/mol. The topological polar surface area (TPSA) is 72.6 Å². The summed E-state index contributed by atoms with van der Waals surface area (Å²) in [5.41, 5.74) is 5.55. The standard InChI is InChI=1S/C11H20N2O3S/c1-4-6-8(10(12)17)11(15)13(5-2)7-9(14)16-3/h8H,4-7H2,1-3H3,(H2,12,17). The van der Waals surface area contributed by atoms with E-state index in [2.05, 4.69) is 4.74 Å². The Hall–Kier alpha value is -1.17. The first kappa shape index (κ1) is 15.8. The Kier molecular flexibility index (Phi) is 7.45. The molecule has 0 heterocycles. The van der Waals surface area contributed by atoms with E-state index in [9.17, 15) is 9.59 Å². The molecular formula is C11H20N2O3S. The third kappa shape index (κ3) is 5.12. The third-order valence-electron chi connectivity index (χ3n) is 2.46. The van der Waals surface area contributed by atoms with Crippen molar-refractivity contribution < 1.29 is 14.3 Å². The second-order valence-electron chi connectivity index (χ2n) is 3.67. The lowest BCUT2D eigenvalue weighted by Crippen LogP contribution is -2.43. The van der Waals surface area contributed by atoms with Crippen LogP contribution in [0.5, 0.6) is 0 Å². The molecule has 6 heteroatoms. The number of esters is 1. The molecule has 0 saturated heterocycles. The van der Waals surface area contributed by atoms with E-state index in [1.165, 1.54) is 12.0 Å². The second-order valence-corrected chi connectivity index (χ2v) is 4.14. The first-order chi connectivity index (χ1) is 7.97. The van der Waals surface area contributed by atoms with Gasteiger partial charge in [-0.2, -0.15) is 0 Å². The highest BCUT2D eigenvalue weighted by molar-refractivity contribution is 7.80. The molecule has 1 unspecified atom stereocenters. The van der Waals surface area contributed by atoms with Crippen LogP contribution in [-0.4, -0.2) is 42.0 Å². The second kappa shape index (κ2) is 8.00. The summed E-state index contributed by atoms with van der Waals surface area (Å²) in [7, 11) is 1.29. The largest absolute Gasteiger partial charge is 0.468 e. The van der Waals surface area contributed by atoms with E-state index in [0.29, 0.717) is 13.0 Å². The van der Waals surface area contributed by atoms with Gasteiger partial charge in [0.2, 0.25) is 5.91 Å². The molecule has 0 aliphatic rings. The van der Waals surface area contributed by atoms with Crippen LogP contribution in [-0.2, 0) is 14.3 Å². The predicted octanol–water partition coefficient (Wildman–Crippen LogP) is 0.710. The molecule has 17 heavy (non-hydrogen) atoms. The first-order valence-corrected chi connectivity index (χ1v) is 6.03. The van der Waals surface area contributed by atoms with E-state index >= 15 is 0 Å². The van der Waals surface area contributed by atoms with E-state index in [-0.39, 0.29) is 17.4 Å². The van der Waals surface area contributed by atoms with Crippen molar-refractivity contribution in [2.24, 2.45) is 11.7 Å². The number of carbonyl (C=O) groups excluding carboxylic acids is 2. The first-order valence-electron chi connectivity index (χ1n) is 5.62. The number of hydrogen-bond donors (Lipinski definition) is 1. The quantitative estimate of drug-likeness (QED) is 0.539. The van der Waals surface area contributed by atoms with Gasteiger partial charge < -0.3 is 15.4 Å². The van der Waals surface area contributed by atoms with Crippen LogP contribution < -0.4 is 5.73 Å². The maximum absolute atomic E-state index is 12.1. The third-order valence-corrected chi connectivity index (χ3v) is 2.74. The molecule has 2 N–H and O–H groups in total. The van der Waals surface area contributed by atoms with Gasteiger partial charge in [-0.1, -0.05) is 25.6 Å². The molecule has 0 aromatic rings. The summed E-state index contributed by atoms with van der Waals surface area (Å²) in [6.07, 6.45) is 1.41. The molecule has 0 fully saturated rings. The van der Waals surface area contributed by atoms with Gasteiger partial charge in [0.1, 0.15) is 6.54 Å². The molecule has 98 valence electrons. The number of nitrogens with two attached hydrogens (primary N) is 1. The van der Waals surface area contributed by atoms with Crippen LogP contribution in [0.1, 0.15) is 26.7 Å². The summed E-state index contributed by atoms with van der Waals surface area (Å²) in [4.78, 5) is 24.9. The Labute approximate surface area is 107 Å². The van der Waals surface area contributed by atoms with Crippen molar-refractivity contribution >= 4 is 29.1 Å². The van der Waals surface area contributed by atoms with Crippen LogP contribution in [0, 0.1) is 5.92 Å². The van der Waals surface area contributed by atoms with Gasteiger partial charge in [-0.3, -0.25) is 9.59 Å². The van der Waals surface area contributed by atoms with Crippen LogP contribution in [0.2, 0.25) is 0 Å². The number of rotatable bonds is 7. The molecule has 0 radical (unpaired) electrons. The number of methoxy groups -OCH3 is 1. The van der Waals surface area contributed by atoms with Crippen LogP contribution in [0.3, 0.4) is 0 Å². The molecule has 0 spiro atoms. The van der Waals surface area contributed by atoms with Gasteiger partial charge in [0, 0.05) is 6.54 Å². The summed E-state index contributed by atoms with van der Waals surface area (Å²) in [5, 5.41) is 0. The minimum Gasteiger partial charge on any atom is -0.468 e. The number of ether oxygens (including phenoxy) is 1. The number of thiocarbonyl (C=S) groups is 1. The zero-order chi connectivity index (χ0) is 13.4. The monoisotopic (exact) mass is 260 g/mol. The van der Waals surface area contributed by atoms with Crippen molar-refractivity contribution in [2.75, 3.05) is 20.2 Å². The molecule has 5 nitrogen and oxygen atoms in total. The van der Waals surface area contributed by atoms with Crippen molar-refractivity contribution in [3.05, 3.63) is 0 Å². The van der Waals surface area contributed by atoms with Crippen LogP contribution in [0.4, 0.5) is 0 Å². The Morgan fingerprint density at radius 3 is 2.35 bits per heavy atom. The Bertz CT molecular complexity index is 294. The van der Waals surface area contributed by atoms with Gasteiger partial charge in [0.15, 0.2) is 0 Å².